The fourth-order valence-electron chi connectivity index (χ4n) is 2.09. The number of carbonyl (C=O) groups is 2. The molecular weight excluding hydrogens is 322 g/mol. The predicted molar refractivity (Wildman–Crippen MR) is 91.0 cm³/mol. The number of hydrogen-bond acceptors (Lipinski definition) is 7. The van der Waals surface area contributed by atoms with Gasteiger partial charge in [-0.05, 0) is 38.1 Å². The van der Waals surface area contributed by atoms with E-state index in [4.69, 9.17) is 4.52 Å². The van der Waals surface area contributed by atoms with E-state index in [2.05, 4.69) is 25.8 Å². The van der Waals surface area contributed by atoms with Crippen molar-refractivity contribution in [2.45, 2.75) is 13.8 Å². The van der Waals surface area contributed by atoms with E-state index in [9.17, 15) is 9.59 Å². The lowest BCUT2D eigenvalue weighted by Crippen LogP contribution is -2.14. The topological polar surface area (TPSA) is 110 Å². The number of amides is 1. The molecule has 0 spiro atoms. The number of rotatable bonds is 5. The molecule has 0 atom stereocenters. The number of carbonyl (C=O) groups excluding carboxylic acids is 2. The van der Waals surface area contributed by atoms with Crippen LogP contribution in [-0.4, -0.2) is 26.8 Å². The van der Waals surface area contributed by atoms with Crippen LogP contribution in [0.5, 0.6) is 0 Å². The Balaban J connectivity index is 1.72. The summed E-state index contributed by atoms with van der Waals surface area (Å²) in [6, 6.07) is 10.1. The molecule has 2 heterocycles. The second kappa shape index (κ2) is 6.91. The van der Waals surface area contributed by atoms with Gasteiger partial charge in [-0.25, -0.2) is 9.97 Å². The van der Waals surface area contributed by atoms with Crippen LogP contribution in [0.3, 0.4) is 0 Å². The number of aryl methyl sites for hydroxylation is 1. The summed E-state index contributed by atoms with van der Waals surface area (Å²) in [4.78, 5) is 31.5. The first kappa shape index (κ1) is 16.3. The molecule has 8 heteroatoms. The minimum absolute atomic E-state index is 0.00404. The number of nitrogens with one attached hydrogen (secondary N) is 2. The molecule has 0 bridgehead atoms. The van der Waals surface area contributed by atoms with Crippen molar-refractivity contribution in [1.82, 2.24) is 15.1 Å². The quantitative estimate of drug-likeness (QED) is 0.689. The minimum Gasteiger partial charge on any atom is -0.360 e. The maximum absolute atomic E-state index is 12.2. The molecule has 8 nitrogen and oxygen atoms in total. The molecule has 0 aliphatic heterocycles. The number of hydrogen-bond donors (Lipinski definition) is 2. The maximum Gasteiger partial charge on any atom is 0.275 e. The van der Waals surface area contributed by atoms with Crippen molar-refractivity contribution in [3.05, 3.63) is 59.7 Å². The summed E-state index contributed by atoms with van der Waals surface area (Å²) in [5.74, 6) is 0.929. The molecule has 0 saturated heterocycles. The summed E-state index contributed by atoms with van der Waals surface area (Å²) in [7, 11) is 0. The number of aromatic nitrogens is 3. The normalized spacial score (nSPS) is 10.3. The van der Waals surface area contributed by atoms with Crippen LogP contribution >= 0.6 is 0 Å². The molecule has 2 N–H and O–H groups in total. The number of Topliss-reactive ketones (excluding diaryl/α,β-unsaturated/α-hetero) is 1. The van der Waals surface area contributed by atoms with Gasteiger partial charge in [0.15, 0.2) is 11.6 Å². The first-order valence-corrected chi connectivity index (χ1v) is 7.46. The standard InChI is InChI=1S/C17H15N5O3/c1-10-7-16(22-25-10)21-17(24)14-8-15(19-9-18-14)20-13-5-3-12(4-6-13)11(2)23/h3-9H,1-2H3,(H,18,19,20)(H,21,22,24). The van der Waals surface area contributed by atoms with Crippen molar-refractivity contribution in [1.29, 1.82) is 0 Å². The zero-order valence-electron chi connectivity index (χ0n) is 13.6. The number of ketones is 1. The lowest BCUT2D eigenvalue weighted by atomic mass is 10.1. The van der Waals surface area contributed by atoms with Gasteiger partial charge >= 0.3 is 0 Å². The molecule has 0 radical (unpaired) electrons. The first-order chi connectivity index (χ1) is 12.0. The molecule has 1 amide bonds. The summed E-state index contributed by atoms with van der Waals surface area (Å²) >= 11 is 0. The molecule has 0 unspecified atom stereocenters. The van der Waals surface area contributed by atoms with Crippen molar-refractivity contribution in [3.8, 4) is 0 Å². The van der Waals surface area contributed by atoms with Gasteiger partial charge in [0.2, 0.25) is 0 Å². The monoisotopic (exact) mass is 337 g/mol. The van der Waals surface area contributed by atoms with Crippen molar-refractivity contribution in [3.63, 3.8) is 0 Å². The Hall–Kier alpha value is -3.55. The number of anilines is 3. The van der Waals surface area contributed by atoms with Crippen molar-refractivity contribution in [2.75, 3.05) is 10.6 Å². The summed E-state index contributed by atoms with van der Waals surface area (Å²) < 4.78 is 4.90. The second-order valence-corrected chi connectivity index (χ2v) is 5.32. The van der Waals surface area contributed by atoms with E-state index in [-0.39, 0.29) is 11.5 Å². The summed E-state index contributed by atoms with van der Waals surface area (Å²) in [5, 5.41) is 9.35. The van der Waals surface area contributed by atoms with Crippen LogP contribution in [-0.2, 0) is 0 Å². The highest BCUT2D eigenvalue weighted by molar-refractivity contribution is 6.02. The molecule has 25 heavy (non-hydrogen) atoms. The van der Waals surface area contributed by atoms with Crippen LogP contribution in [0.4, 0.5) is 17.3 Å². The molecule has 0 aliphatic carbocycles. The molecule has 1 aromatic carbocycles. The number of benzene rings is 1. The Morgan fingerprint density at radius 3 is 2.44 bits per heavy atom. The van der Waals surface area contributed by atoms with Crippen molar-refractivity contribution in [2.24, 2.45) is 0 Å². The van der Waals surface area contributed by atoms with Gasteiger partial charge in [0.1, 0.15) is 23.6 Å². The Bertz CT molecular complexity index is 918. The first-order valence-electron chi connectivity index (χ1n) is 7.46. The third kappa shape index (κ3) is 4.05. The highest BCUT2D eigenvalue weighted by Crippen LogP contribution is 2.16. The van der Waals surface area contributed by atoms with Crippen LogP contribution in [0.15, 0.2) is 47.2 Å². The van der Waals surface area contributed by atoms with Gasteiger partial charge in [-0.15, -0.1) is 0 Å². The van der Waals surface area contributed by atoms with Crippen molar-refractivity contribution >= 4 is 29.0 Å². The van der Waals surface area contributed by atoms with Gasteiger partial charge in [-0.2, -0.15) is 0 Å². The Kier molecular flexibility index (Phi) is 4.51. The molecular formula is C17H15N5O3. The Morgan fingerprint density at radius 2 is 1.80 bits per heavy atom. The van der Waals surface area contributed by atoms with Crippen LogP contribution in [0, 0.1) is 6.92 Å². The van der Waals surface area contributed by atoms with Crippen LogP contribution < -0.4 is 10.6 Å². The van der Waals surface area contributed by atoms with Crippen LogP contribution in [0.2, 0.25) is 0 Å². The molecule has 0 fully saturated rings. The zero-order valence-corrected chi connectivity index (χ0v) is 13.6. The molecule has 0 aliphatic rings. The average molecular weight is 337 g/mol. The van der Waals surface area contributed by atoms with Gasteiger partial charge in [-0.3, -0.25) is 9.59 Å². The van der Waals surface area contributed by atoms with Crippen LogP contribution in [0.25, 0.3) is 0 Å². The highest BCUT2D eigenvalue weighted by Gasteiger charge is 2.11. The smallest absolute Gasteiger partial charge is 0.275 e. The van der Waals surface area contributed by atoms with E-state index in [1.54, 1.807) is 37.3 Å². The number of nitrogens with zero attached hydrogens (tertiary/aromatic N) is 3. The molecule has 2 aromatic heterocycles. The average Bonchev–Trinajstić information content (AvgIpc) is 3.00. The third-order valence-corrected chi connectivity index (χ3v) is 3.33. The maximum atomic E-state index is 12.2. The van der Waals surface area contributed by atoms with E-state index in [1.165, 1.54) is 19.3 Å². The van der Waals surface area contributed by atoms with E-state index >= 15 is 0 Å². The lowest BCUT2D eigenvalue weighted by molar-refractivity contribution is 0.101. The van der Waals surface area contributed by atoms with E-state index in [0.717, 1.165) is 5.69 Å². The van der Waals surface area contributed by atoms with Gasteiger partial charge in [0, 0.05) is 23.4 Å². The fourth-order valence-corrected chi connectivity index (χ4v) is 2.09. The lowest BCUT2D eigenvalue weighted by Gasteiger charge is -2.07. The molecule has 0 saturated carbocycles. The van der Waals surface area contributed by atoms with E-state index < -0.39 is 5.91 Å². The summed E-state index contributed by atoms with van der Waals surface area (Å²) in [6.45, 7) is 3.24. The second-order valence-electron chi connectivity index (χ2n) is 5.32. The SMILES string of the molecule is CC(=O)c1ccc(Nc2cc(C(=O)Nc3cc(C)on3)ncn2)cc1. The Labute approximate surface area is 143 Å². The van der Waals surface area contributed by atoms with E-state index in [1.807, 2.05) is 0 Å². The molecule has 126 valence electrons. The highest BCUT2D eigenvalue weighted by atomic mass is 16.5. The molecule has 3 aromatic rings. The van der Waals surface area contributed by atoms with E-state index in [0.29, 0.717) is 23.0 Å². The van der Waals surface area contributed by atoms with Gasteiger partial charge in [0.05, 0.1) is 0 Å². The molecule has 3 rings (SSSR count). The van der Waals surface area contributed by atoms with Gasteiger partial charge < -0.3 is 15.2 Å². The van der Waals surface area contributed by atoms with Gasteiger partial charge in [-0.1, -0.05) is 5.16 Å². The summed E-state index contributed by atoms with van der Waals surface area (Å²) in [6.07, 6.45) is 1.29. The zero-order chi connectivity index (χ0) is 17.8. The fraction of sp³-hybridized carbons (Fsp3) is 0.118. The predicted octanol–water partition coefficient (Wildman–Crippen LogP) is 2.97. The third-order valence-electron chi connectivity index (χ3n) is 3.33. The minimum atomic E-state index is -0.425. The van der Waals surface area contributed by atoms with Crippen molar-refractivity contribution < 1.29 is 14.1 Å². The summed E-state index contributed by atoms with van der Waals surface area (Å²) in [5.41, 5.74) is 1.54. The van der Waals surface area contributed by atoms with Gasteiger partial charge in [0.25, 0.3) is 5.91 Å². The van der Waals surface area contributed by atoms with Crippen LogP contribution in [0.1, 0.15) is 33.5 Å². The largest absolute Gasteiger partial charge is 0.360 e. The Morgan fingerprint density at radius 1 is 1.04 bits per heavy atom.